The minimum atomic E-state index is 0.158. The molecule has 0 saturated carbocycles. The lowest BCUT2D eigenvalue weighted by atomic mass is 10.1. The molecular formula is C14H30N2O. The second-order valence-corrected chi connectivity index (χ2v) is 5.42. The third kappa shape index (κ3) is 10.5. The second kappa shape index (κ2) is 8.67. The Morgan fingerprint density at radius 2 is 1.94 bits per heavy atom. The highest BCUT2D eigenvalue weighted by Crippen LogP contribution is 2.01. The number of ether oxygens (including phenoxy) is 1. The minimum absolute atomic E-state index is 0.158. The van der Waals surface area contributed by atoms with Gasteiger partial charge in [0.15, 0.2) is 0 Å². The van der Waals surface area contributed by atoms with E-state index in [-0.39, 0.29) is 5.54 Å². The van der Waals surface area contributed by atoms with Gasteiger partial charge in [-0.2, -0.15) is 0 Å². The molecule has 0 unspecified atom stereocenters. The molecule has 0 aliphatic rings. The van der Waals surface area contributed by atoms with Crippen molar-refractivity contribution in [1.29, 1.82) is 0 Å². The normalized spacial score (nSPS) is 12.1. The highest BCUT2D eigenvalue weighted by molar-refractivity contribution is 5.01. The van der Waals surface area contributed by atoms with Crippen LogP contribution in [-0.2, 0) is 4.74 Å². The lowest BCUT2D eigenvalue weighted by Gasteiger charge is -2.25. The number of likely N-dealkylation sites (N-methyl/N-ethyl adjacent to an activating group) is 1. The Bertz CT molecular complexity index is 209. The molecule has 0 saturated heterocycles. The zero-order valence-electron chi connectivity index (χ0n) is 12.3. The molecule has 0 spiro atoms. The Labute approximate surface area is 107 Å². The van der Waals surface area contributed by atoms with Gasteiger partial charge in [0.05, 0.1) is 6.61 Å². The molecule has 3 nitrogen and oxygen atoms in total. The van der Waals surface area contributed by atoms with Gasteiger partial charge >= 0.3 is 0 Å². The van der Waals surface area contributed by atoms with Gasteiger partial charge in [-0.3, -0.25) is 4.90 Å². The maximum atomic E-state index is 5.37. The standard InChI is InChI=1S/C14H30N2O/c1-7-16(9-10-17-8-2)12-13(3)11-15-14(4,5)6/h15H,3,7-12H2,1-2,4-6H3. The Morgan fingerprint density at radius 3 is 2.41 bits per heavy atom. The van der Waals surface area contributed by atoms with E-state index in [4.69, 9.17) is 4.74 Å². The van der Waals surface area contributed by atoms with Crippen molar-refractivity contribution in [3.05, 3.63) is 12.2 Å². The summed E-state index contributed by atoms with van der Waals surface area (Å²) in [7, 11) is 0. The first-order valence-electron chi connectivity index (χ1n) is 6.60. The molecule has 0 aliphatic heterocycles. The summed E-state index contributed by atoms with van der Waals surface area (Å²) in [6.07, 6.45) is 0. The summed E-state index contributed by atoms with van der Waals surface area (Å²) in [5.41, 5.74) is 1.39. The lowest BCUT2D eigenvalue weighted by Crippen LogP contribution is -2.39. The summed E-state index contributed by atoms with van der Waals surface area (Å²) < 4.78 is 5.37. The SMILES string of the molecule is C=C(CNC(C)(C)C)CN(CC)CCOCC. The number of hydrogen-bond donors (Lipinski definition) is 1. The summed E-state index contributed by atoms with van der Waals surface area (Å²) in [4.78, 5) is 2.36. The van der Waals surface area contributed by atoms with Crippen LogP contribution in [-0.4, -0.2) is 49.8 Å². The van der Waals surface area contributed by atoms with Crippen LogP contribution in [0.15, 0.2) is 12.2 Å². The Balaban J connectivity index is 3.82. The number of nitrogens with zero attached hydrogens (tertiary/aromatic N) is 1. The summed E-state index contributed by atoms with van der Waals surface area (Å²) in [5.74, 6) is 0. The fraction of sp³-hybridized carbons (Fsp3) is 0.857. The van der Waals surface area contributed by atoms with E-state index in [9.17, 15) is 0 Å². The highest BCUT2D eigenvalue weighted by atomic mass is 16.5. The molecule has 0 aromatic heterocycles. The molecule has 0 radical (unpaired) electrons. The van der Waals surface area contributed by atoms with Gasteiger partial charge < -0.3 is 10.1 Å². The number of rotatable bonds is 9. The van der Waals surface area contributed by atoms with Crippen molar-refractivity contribution in [3.8, 4) is 0 Å². The van der Waals surface area contributed by atoms with Crippen LogP contribution in [0.5, 0.6) is 0 Å². The first-order valence-corrected chi connectivity index (χ1v) is 6.60. The van der Waals surface area contributed by atoms with Crippen LogP contribution in [0, 0.1) is 0 Å². The monoisotopic (exact) mass is 242 g/mol. The van der Waals surface area contributed by atoms with E-state index in [0.717, 1.165) is 39.4 Å². The summed E-state index contributed by atoms with van der Waals surface area (Å²) >= 11 is 0. The Morgan fingerprint density at radius 1 is 1.29 bits per heavy atom. The lowest BCUT2D eigenvalue weighted by molar-refractivity contribution is 0.118. The summed E-state index contributed by atoms with van der Waals surface area (Å²) in [6, 6.07) is 0. The van der Waals surface area contributed by atoms with Crippen molar-refractivity contribution in [1.82, 2.24) is 10.2 Å². The quantitative estimate of drug-likeness (QED) is 0.496. The summed E-state index contributed by atoms with van der Waals surface area (Å²) in [6.45, 7) is 20.3. The predicted molar refractivity (Wildman–Crippen MR) is 75.5 cm³/mol. The Kier molecular flexibility index (Phi) is 8.48. The van der Waals surface area contributed by atoms with Crippen molar-refractivity contribution in [3.63, 3.8) is 0 Å². The smallest absolute Gasteiger partial charge is 0.0593 e. The zero-order valence-corrected chi connectivity index (χ0v) is 12.3. The third-order valence-electron chi connectivity index (χ3n) is 2.52. The van der Waals surface area contributed by atoms with Gasteiger partial charge in [-0.15, -0.1) is 0 Å². The molecule has 3 heteroatoms. The number of nitrogens with one attached hydrogen (secondary N) is 1. The molecular weight excluding hydrogens is 212 g/mol. The third-order valence-corrected chi connectivity index (χ3v) is 2.52. The molecule has 17 heavy (non-hydrogen) atoms. The van der Waals surface area contributed by atoms with Gasteiger partial charge in [0.25, 0.3) is 0 Å². The van der Waals surface area contributed by atoms with Crippen molar-refractivity contribution in [2.24, 2.45) is 0 Å². The van der Waals surface area contributed by atoms with E-state index in [1.165, 1.54) is 5.57 Å². The van der Waals surface area contributed by atoms with E-state index in [1.54, 1.807) is 0 Å². The van der Waals surface area contributed by atoms with Crippen LogP contribution in [0.1, 0.15) is 34.6 Å². The topological polar surface area (TPSA) is 24.5 Å². The highest BCUT2D eigenvalue weighted by Gasteiger charge is 2.10. The first kappa shape index (κ1) is 16.6. The van der Waals surface area contributed by atoms with E-state index in [0.29, 0.717) is 0 Å². The minimum Gasteiger partial charge on any atom is -0.380 e. The van der Waals surface area contributed by atoms with E-state index < -0.39 is 0 Å². The molecule has 0 fully saturated rings. The fourth-order valence-corrected chi connectivity index (χ4v) is 1.45. The summed E-state index contributed by atoms with van der Waals surface area (Å²) in [5, 5.41) is 3.46. The first-order chi connectivity index (χ1) is 7.89. The largest absolute Gasteiger partial charge is 0.380 e. The molecule has 1 N–H and O–H groups in total. The van der Waals surface area contributed by atoms with Gasteiger partial charge in [-0.25, -0.2) is 0 Å². The molecule has 0 heterocycles. The van der Waals surface area contributed by atoms with Gasteiger partial charge in [0.2, 0.25) is 0 Å². The van der Waals surface area contributed by atoms with Crippen molar-refractivity contribution >= 4 is 0 Å². The molecule has 102 valence electrons. The maximum absolute atomic E-state index is 5.37. The molecule has 0 amide bonds. The maximum Gasteiger partial charge on any atom is 0.0593 e. The average Bonchev–Trinajstić information content (AvgIpc) is 2.24. The van der Waals surface area contributed by atoms with Gasteiger partial charge in [-0.1, -0.05) is 13.5 Å². The van der Waals surface area contributed by atoms with Crippen LogP contribution in [0.3, 0.4) is 0 Å². The zero-order chi connectivity index (χ0) is 13.3. The van der Waals surface area contributed by atoms with Crippen LogP contribution in [0.25, 0.3) is 0 Å². The van der Waals surface area contributed by atoms with Crippen LogP contribution in [0.4, 0.5) is 0 Å². The van der Waals surface area contributed by atoms with Crippen LogP contribution < -0.4 is 5.32 Å². The van der Waals surface area contributed by atoms with E-state index in [1.807, 2.05) is 6.92 Å². The van der Waals surface area contributed by atoms with Crippen molar-refractivity contribution < 1.29 is 4.74 Å². The molecule has 0 bridgehead atoms. The van der Waals surface area contributed by atoms with Crippen molar-refractivity contribution in [2.45, 2.75) is 40.2 Å². The molecule has 0 atom stereocenters. The average molecular weight is 242 g/mol. The fourth-order valence-electron chi connectivity index (χ4n) is 1.45. The predicted octanol–water partition coefficient (Wildman–Crippen LogP) is 2.29. The molecule has 0 rings (SSSR count). The van der Waals surface area contributed by atoms with E-state index in [2.05, 4.69) is 44.5 Å². The second-order valence-electron chi connectivity index (χ2n) is 5.42. The van der Waals surface area contributed by atoms with E-state index >= 15 is 0 Å². The molecule has 0 aliphatic carbocycles. The van der Waals surface area contributed by atoms with Crippen LogP contribution >= 0.6 is 0 Å². The van der Waals surface area contributed by atoms with Gasteiger partial charge in [0, 0.05) is 31.8 Å². The molecule has 0 aromatic rings. The van der Waals surface area contributed by atoms with Gasteiger partial charge in [-0.05, 0) is 39.8 Å². The Hall–Kier alpha value is -0.380. The van der Waals surface area contributed by atoms with Gasteiger partial charge in [0.1, 0.15) is 0 Å². The number of hydrogen-bond acceptors (Lipinski definition) is 3. The van der Waals surface area contributed by atoms with Crippen LogP contribution in [0.2, 0.25) is 0 Å². The van der Waals surface area contributed by atoms with Crippen molar-refractivity contribution in [2.75, 3.05) is 39.4 Å². The molecule has 0 aromatic carbocycles.